The second-order valence-electron chi connectivity index (χ2n) is 3.14. The summed E-state index contributed by atoms with van der Waals surface area (Å²) in [6.07, 6.45) is 1.41. The molecule has 1 heterocycles. The van der Waals surface area contributed by atoms with E-state index in [4.69, 9.17) is 5.73 Å². The van der Waals surface area contributed by atoms with Crippen molar-refractivity contribution in [3.8, 4) is 0 Å². The minimum atomic E-state index is -0.366. The zero-order valence-corrected chi connectivity index (χ0v) is 9.75. The van der Waals surface area contributed by atoms with E-state index in [2.05, 4.69) is 36.4 Å². The highest BCUT2D eigenvalue weighted by Crippen LogP contribution is 2.26. The molecule has 0 saturated carbocycles. The van der Waals surface area contributed by atoms with E-state index in [9.17, 15) is 4.39 Å². The summed E-state index contributed by atoms with van der Waals surface area (Å²) in [5, 5.41) is 9.35. The Morgan fingerprint density at radius 2 is 2.31 bits per heavy atom. The van der Waals surface area contributed by atoms with Gasteiger partial charge in [0.05, 0.1) is 22.4 Å². The Morgan fingerprint density at radius 1 is 1.50 bits per heavy atom. The number of hydrogen-bond acceptors (Lipinski definition) is 4. The van der Waals surface area contributed by atoms with Crippen molar-refractivity contribution in [2.75, 3.05) is 11.1 Å². The van der Waals surface area contributed by atoms with Crippen LogP contribution in [-0.2, 0) is 6.54 Å². The SMILES string of the molecule is Nc1cc(Br)c(F)cc1NCc1ncn[nH]1. The van der Waals surface area contributed by atoms with Crippen molar-refractivity contribution in [2.45, 2.75) is 6.54 Å². The van der Waals surface area contributed by atoms with Gasteiger partial charge in [-0.2, -0.15) is 5.10 Å². The van der Waals surface area contributed by atoms with Crippen LogP contribution in [-0.4, -0.2) is 15.2 Å². The first-order valence-corrected chi connectivity index (χ1v) is 5.29. The highest BCUT2D eigenvalue weighted by Gasteiger charge is 2.06. The first-order chi connectivity index (χ1) is 7.66. The van der Waals surface area contributed by atoms with Crippen molar-refractivity contribution >= 4 is 27.3 Å². The normalized spacial score (nSPS) is 10.4. The Labute approximate surface area is 99.4 Å². The molecule has 4 N–H and O–H groups in total. The molecule has 5 nitrogen and oxygen atoms in total. The molecule has 0 radical (unpaired) electrons. The Balaban J connectivity index is 2.12. The molecule has 0 bridgehead atoms. The number of hydrogen-bond donors (Lipinski definition) is 3. The number of nitrogens with zero attached hydrogens (tertiary/aromatic N) is 2. The molecule has 0 amide bonds. The third-order valence-corrected chi connectivity index (χ3v) is 2.61. The van der Waals surface area contributed by atoms with Crippen LogP contribution in [0.3, 0.4) is 0 Å². The lowest BCUT2D eigenvalue weighted by Gasteiger charge is -2.08. The third-order valence-electron chi connectivity index (χ3n) is 2.00. The summed E-state index contributed by atoms with van der Waals surface area (Å²) >= 11 is 3.06. The molecule has 2 aromatic rings. The first-order valence-electron chi connectivity index (χ1n) is 4.49. The Hall–Kier alpha value is -1.63. The summed E-state index contributed by atoms with van der Waals surface area (Å²) in [5.74, 6) is 0.289. The number of aromatic nitrogens is 3. The topological polar surface area (TPSA) is 79.6 Å². The maximum atomic E-state index is 13.2. The van der Waals surface area contributed by atoms with Crippen molar-refractivity contribution in [1.82, 2.24) is 15.2 Å². The molecule has 0 aliphatic heterocycles. The molecule has 0 unspecified atom stereocenters. The second-order valence-corrected chi connectivity index (χ2v) is 3.99. The Bertz CT molecular complexity index is 485. The molecule has 0 fully saturated rings. The van der Waals surface area contributed by atoms with E-state index < -0.39 is 0 Å². The van der Waals surface area contributed by atoms with Crippen molar-refractivity contribution < 1.29 is 4.39 Å². The predicted octanol–water partition coefficient (Wildman–Crippen LogP) is 1.90. The van der Waals surface area contributed by atoms with Gasteiger partial charge in [-0.3, -0.25) is 5.10 Å². The lowest BCUT2D eigenvalue weighted by atomic mass is 10.2. The number of anilines is 2. The third kappa shape index (κ3) is 2.30. The number of aromatic amines is 1. The molecule has 0 aliphatic carbocycles. The van der Waals surface area contributed by atoms with Crippen LogP contribution in [0.5, 0.6) is 0 Å². The molecule has 0 spiro atoms. The Morgan fingerprint density at radius 3 is 3.00 bits per heavy atom. The van der Waals surface area contributed by atoms with Crippen LogP contribution in [0, 0.1) is 5.82 Å². The highest BCUT2D eigenvalue weighted by atomic mass is 79.9. The number of rotatable bonds is 3. The summed E-state index contributed by atoms with van der Waals surface area (Å²) in [4.78, 5) is 3.93. The lowest BCUT2D eigenvalue weighted by molar-refractivity contribution is 0.621. The van der Waals surface area contributed by atoms with Crippen LogP contribution in [0.2, 0.25) is 0 Å². The van der Waals surface area contributed by atoms with Gasteiger partial charge in [0.1, 0.15) is 18.0 Å². The zero-order chi connectivity index (χ0) is 11.5. The minimum Gasteiger partial charge on any atom is -0.397 e. The van der Waals surface area contributed by atoms with Gasteiger partial charge in [-0.15, -0.1) is 0 Å². The van der Waals surface area contributed by atoms with Crippen LogP contribution in [0.4, 0.5) is 15.8 Å². The number of nitrogens with two attached hydrogens (primary N) is 1. The van der Waals surface area contributed by atoms with Crippen LogP contribution in [0.1, 0.15) is 5.82 Å². The van der Waals surface area contributed by atoms with Gasteiger partial charge in [0.2, 0.25) is 0 Å². The molecular weight excluding hydrogens is 277 g/mol. The van der Waals surface area contributed by atoms with Gasteiger partial charge in [-0.1, -0.05) is 0 Å². The number of nitrogen functional groups attached to an aromatic ring is 1. The summed E-state index contributed by atoms with van der Waals surface area (Å²) in [6, 6.07) is 2.84. The van der Waals surface area contributed by atoms with Gasteiger partial charge < -0.3 is 11.1 Å². The summed E-state index contributed by atoms with van der Waals surface area (Å²) in [6.45, 7) is 0.408. The summed E-state index contributed by atoms with van der Waals surface area (Å²) in [5.41, 5.74) is 6.71. The summed E-state index contributed by atoms with van der Waals surface area (Å²) in [7, 11) is 0. The van der Waals surface area contributed by atoms with E-state index in [0.717, 1.165) is 0 Å². The van der Waals surface area contributed by atoms with Gasteiger partial charge >= 0.3 is 0 Å². The van der Waals surface area contributed by atoms with Crippen LogP contribution >= 0.6 is 15.9 Å². The van der Waals surface area contributed by atoms with Crippen LogP contribution in [0.15, 0.2) is 22.9 Å². The van der Waals surface area contributed by atoms with Crippen LogP contribution < -0.4 is 11.1 Å². The van der Waals surface area contributed by atoms with Gasteiger partial charge in [0.25, 0.3) is 0 Å². The molecule has 84 valence electrons. The monoisotopic (exact) mass is 285 g/mol. The largest absolute Gasteiger partial charge is 0.397 e. The fraction of sp³-hybridized carbons (Fsp3) is 0.111. The molecule has 0 atom stereocenters. The van der Waals surface area contributed by atoms with E-state index in [0.29, 0.717) is 28.2 Å². The van der Waals surface area contributed by atoms with Crippen molar-refractivity contribution in [3.63, 3.8) is 0 Å². The molecule has 16 heavy (non-hydrogen) atoms. The maximum Gasteiger partial charge on any atom is 0.143 e. The predicted molar refractivity (Wildman–Crippen MR) is 62.2 cm³/mol. The minimum absolute atomic E-state index is 0.343. The van der Waals surface area contributed by atoms with E-state index in [-0.39, 0.29) is 5.82 Å². The van der Waals surface area contributed by atoms with Crippen molar-refractivity contribution in [1.29, 1.82) is 0 Å². The number of H-pyrrole nitrogens is 1. The molecule has 0 saturated heterocycles. The molecule has 1 aromatic heterocycles. The number of halogens is 2. The van der Waals surface area contributed by atoms with E-state index in [1.165, 1.54) is 18.5 Å². The van der Waals surface area contributed by atoms with Crippen molar-refractivity contribution in [3.05, 3.63) is 34.6 Å². The van der Waals surface area contributed by atoms with Crippen molar-refractivity contribution in [2.24, 2.45) is 0 Å². The number of benzene rings is 1. The fourth-order valence-electron chi connectivity index (χ4n) is 1.21. The van der Waals surface area contributed by atoms with E-state index >= 15 is 0 Å². The van der Waals surface area contributed by atoms with E-state index in [1.807, 2.05) is 0 Å². The van der Waals surface area contributed by atoms with E-state index in [1.54, 1.807) is 0 Å². The average Bonchev–Trinajstić information content (AvgIpc) is 2.74. The smallest absolute Gasteiger partial charge is 0.143 e. The van der Waals surface area contributed by atoms with Gasteiger partial charge in [0.15, 0.2) is 0 Å². The average molecular weight is 286 g/mol. The summed E-state index contributed by atoms with van der Waals surface area (Å²) < 4.78 is 13.6. The fourth-order valence-corrected chi connectivity index (χ4v) is 1.57. The molecule has 0 aliphatic rings. The molecule has 1 aromatic carbocycles. The molecule has 7 heteroatoms. The van der Waals surface area contributed by atoms with Gasteiger partial charge in [-0.25, -0.2) is 9.37 Å². The second kappa shape index (κ2) is 4.48. The zero-order valence-electron chi connectivity index (χ0n) is 8.17. The van der Waals surface area contributed by atoms with Gasteiger partial charge in [-0.05, 0) is 22.0 Å². The standard InChI is InChI=1S/C9H9BrFN5/c10-5-1-7(12)8(2-6(5)11)13-3-9-14-4-15-16-9/h1-2,4,13H,3,12H2,(H,14,15,16). The van der Waals surface area contributed by atoms with Gasteiger partial charge in [0, 0.05) is 6.07 Å². The highest BCUT2D eigenvalue weighted by molar-refractivity contribution is 9.10. The maximum absolute atomic E-state index is 13.2. The lowest BCUT2D eigenvalue weighted by Crippen LogP contribution is -2.04. The Kier molecular flexibility index (Phi) is 3.04. The van der Waals surface area contributed by atoms with Crippen LogP contribution in [0.25, 0.3) is 0 Å². The molecular formula is C9H9BrFN5. The first kappa shape index (κ1) is 10.9. The quantitative estimate of drug-likeness (QED) is 0.753. The number of nitrogens with one attached hydrogen (secondary N) is 2. The molecule has 2 rings (SSSR count).